The fraction of sp³-hybridized carbons (Fsp3) is 0. The Morgan fingerprint density at radius 3 is 3.00 bits per heavy atom. The second-order valence-corrected chi connectivity index (χ2v) is 2.05. The molecular formula is C5H6FN5O. The SMILES string of the molecule is F.Nc1nc2nc[nH]c2c(=O)[nH]1. The summed E-state index contributed by atoms with van der Waals surface area (Å²) in [6.07, 6.45) is 1.40. The molecule has 4 N–H and O–H groups in total. The van der Waals surface area contributed by atoms with Gasteiger partial charge in [-0.3, -0.25) is 14.5 Å². The predicted octanol–water partition coefficient (Wildman–Crippen LogP) is -0.619. The van der Waals surface area contributed by atoms with E-state index in [-0.39, 0.29) is 16.2 Å². The molecule has 0 fully saturated rings. The van der Waals surface area contributed by atoms with Gasteiger partial charge in [-0.15, -0.1) is 0 Å². The van der Waals surface area contributed by atoms with E-state index in [0.29, 0.717) is 11.2 Å². The minimum atomic E-state index is -0.301. The van der Waals surface area contributed by atoms with Gasteiger partial charge in [0.2, 0.25) is 5.95 Å². The summed E-state index contributed by atoms with van der Waals surface area (Å²) in [7, 11) is 0. The zero-order valence-corrected chi connectivity index (χ0v) is 5.87. The van der Waals surface area contributed by atoms with Crippen LogP contribution >= 0.6 is 0 Å². The fourth-order valence-electron chi connectivity index (χ4n) is 0.860. The summed E-state index contributed by atoms with van der Waals surface area (Å²) in [5.41, 5.74) is 5.65. The first-order valence-electron chi connectivity index (χ1n) is 2.96. The number of nitrogens with zero attached hydrogens (tertiary/aromatic N) is 2. The maximum atomic E-state index is 11.0. The Morgan fingerprint density at radius 2 is 2.25 bits per heavy atom. The van der Waals surface area contributed by atoms with Crippen LogP contribution in [-0.2, 0) is 0 Å². The van der Waals surface area contributed by atoms with E-state index in [0.717, 1.165) is 0 Å². The van der Waals surface area contributed by atoms with Crippen molar-refractivity contribution in [1.82, 2.24) is 19.9 Å². The lowest BCUT2D eigenvalue weighted by Gasteiger charge is -1.89. The van der Waals surface area contributed by atoms with Gasteiger partial charge in [-0.2, -0.15) is 4.98 Å². The van der Waals surface area contributed by atoms with Crippen LogP contribution in [0.2, 0.25) is 0 Å². The maximum Gasteiger partial charge on any atom is 0.278 e. The van der Waals surface area contributed by atoms with Crippen LogP contribution in [0.1, 0.15) is 0 Å². The van der Waals surface area contributed by atoms with Gasteiger partial charge >= 0.3 is 0 Å². The maximum absolute atomic E-state index is 11.0. The van der Waals surface area contributed by atoms with Crippen LogP contribution in [-0.4, -0.2) is 19.9 Å². The lowest BCUT2D eigenvalue weighted by molar-refractivity contribution is 1.11. The number of nitrogens with one attached hydrogen (secondary N) is 2. The highest BCUT2D eigenvalue weighted by atomic mass is 19.0. The fourth-order valence-corrected chi connectivity index (χ4v) is 0.860. The Balaban J connectivity index is 0.000000720. The van der Waals surface area contributed by atoms with Gasteiger partial charge in [0.25, 0.3) is 5.56 Å². The van der Waals surface area contributed by atoms with Crippen molar-refractivity contribution in [3.05, 3.63) is 16.7 Å². The number of hydrogen-bond acceptors (Lipinski definition) is 4. The number of hydrogen-bond donors (Lipinski definition) is 3. The first kappa shape index (κ1) is 8.18. The molecule has 0 atom stereocenters. The van der Waals surface area contributed by atoms with Crippen molar-refractivity contribution in [2.75, 3.05) is 5.73 Å². The number of aromatic nitrogens is 4. The third kappa shape index (κ3) is 1.00. The Kier molecular flexibility index (Phi) is 1.78. The number of H-pyrrole nitrogens is 2. The molecule has 2 aromatic heterocycles. The van der Waals surface area contributed by atoms with Crippen molar-refractivity contribution in [3.8, 4) is 0 Å². The molecule has 0 aromatic carbocycles. The van der Waals surface area contributed by atoms with E-state index in [1.165, 1.54) is 6.33 Å². The van der Waals surface area contributed by atoms with E-state index < -0.39 is 0 Å². The van der Waals surface area contributed by atoms with Crippen molar-refractivity contribution >= 4 is 17.1 Å². The van der Waals surface area contributed by atoms with E-state index >= 15 is 0 Å². The number of aromatic amines is 2. The first-order valence-corrected chi connectivity index (χ1v) is 2.96. The lowest BCUT2D eigenvalue weighted by Crippen LogP contribution is -2.10. The molecule has 0 spiro atoms. The van der Waals surface area contributed by atoms with Gasteiger partial charge in [0, 0.05) is 0 Å². The van der Waals surface area contributed by atoms with E-state index in [4.69, 9.17) is 5.73 Å². The van der Waals surface area contributed by atoms with Gasteiger partial charge < -0.3 is 10.7 Å². The zero-order valence-electron chi connectivity index (χ0n) is 5.87. The Hall–Kier alpha value is -1.92. The molecule has 12 heavy (non-hydrogen) atoms. The highest BCUT2D eigenvalue weighted by Gasteiger charge is 2.01. The topological polar surface area (TPSA) is 100 Å². The Bertz CT molecular complexity index is 446. The molecule has 0 aliphatic carbocycles. The van der Waals surface area contributed by atoms with E-state index in [9.17, 15) is 4.79 Å². The number of imidazole rings is 1. The highest BCUT2D eigenvalue weighted by molar-refractivity contribution is 5.69. The van der Waals surface area contributed by atoms with Crippen molar-refractivity contribution in [2.45, 2.75) is 0 Å². The van der Waals surface area contributed by atoms with Crippen molar-refractivity contribution in [1.29, 1.82) is 0 Å². The molecule has 0 aliphatic rings. The van der Waals surface area contributed by atoms with Crippen molar-refractivity contribution in [2.24, 2.45) is 0 Å². The first-order chi connectivity index (χ1) is 5.27. The molecule has 0 saturated carbocycles. The molecule has 6 nitrogen and oxygen atoms in total. The molecule has 2 heterocycles. The minimum Gasteiger partial charge on any atom is -0.369 e. The summed E-state index contributed by atoms with van der Waals surface area (Å²) in [4.78, 5) is 23.5. The largest absolute Gasteiger partial charge is 0.369 e. The van der Waals surface area contributed by atoms with E-state index in [1.807, 2.05) is 0 Å². The van der Waals surface area contributed by atoms with Crippen LogP contribution in [0.4, 0.5) is 10.7 Å². The average molecular weight is 171 g/mol. The van der Waals surface area contributed by atoms with Crippen LogP contribution in [0, 0.1) is 0 Å². The van der Waals surface area contributed by atoms with Crippen LogP contribution in [0.3, 0.4) is 0 Å². The highest BCUT2D eigenvalue weighted by Crippen LogP contribution is 1.98. The van der Waals surface area contributed by atoms with Crippen LogP contribution in [0.5, 0.6) is 0 Å². The second-order valence-electron chi connectivity index (χ2n) is 2.05. The number of halogens is 1. The van der Waals surface area contributed by atoms with Crippen LogP contribution in [0.25, 0.3) is 11.2 Å². The lowest BCUT2D eigenvalue weighted by atomic mass is 10.5. The molecule has 2 rings (SSSR count). The van der Waals surface area contributed by atoms with Gasteiger partial charge in [0.15, 0.2) is 11.2 Å². The molecule has 0 amide bonds. The van der Waals surface area contributed by atoms with Gasteiger partial charge in [0.1, 0.15) is 0 Å². The Labute approximate surface area is 65.2 Å². The van der Waals surface area contributed by atoms with E-state index in [2.05, 4.69) is 19.9 Å². The molecule has 7 heteroatoms. The number of fused-ring (bicyclic) bond motifs is 1. The quantitative estimate of drug-likeness (QED) is 0.491. The van der Waals surface area contributed by atoms with Gasteiger partial charge in [-0.1, -0.05) is 0 Å². The molecule has 0 aliphatic heterocycles. The average Bonchev–Trinajstić information content (AvgIpc) is 2.34. The number of nitrogen functional groups attached to an aromatic ring is 1. The van der Waals surface area contributed by atoms with Crippen LogP contribution in [0.15, 0.2) is 11.1 Å². The van der Waals surface area contributed by atoms with Crippen molar-refractivity contribution < 1.29 is 4.70 Å². The summed E-state index contributed by atoms with van der Waals surface area (Å²) in [6.45, 7) is 0. The normalized spacial score (nSPS) is 9.67. The van der Waals surface area contributed by atoms with Gasteiger partial charge in [0.05, 0.1) is 6.33 Å². The summed E-state index contributed by atoms with van der Waals surface area (Å²) >= 11 is 0. The third-order valence-electron chi connectivity index (χ3n) is 1.31. The molecule has 0 saturated heterocycles. The Morgan fingerprint density at radius 1 is 1.50 bits per heavy atom. The van der Waals surface area contributed by atoms with Gasteiger partial charge in [-0.25, -0.2) is 4.98 Å². The summed E-state index contributed by atoms with van der Waals surface area (Å²) in [5, 5.41) is 0. The van der Waals surface area contributed by atoms with Crippen molar-refractivity contribution in [3.63, 3.8) is 0 Å². The number of nitrogens with two attached hydrogens (primary N) is 1. The minimum absolute atomic E-state index is 0. The standard InChI is InChI=1S/C5H5N5O.FH/c6-5-9-3-2(4(11)10-5)7-1-8-3;/h1H,(H4,6,7,8,9,10,11);1H. The predicted molar refractivity (Wildman–Crippen MR) is 41.4 cm³/mol. The second kappa shape index (κ2) is 2.61. The molecular weight excluding hydrogens is 165 g/mol. The smallest absolute Gasteiger partial charge is 0.278 e. The molecule has 0 radical (unpaired) electrons. The van der Waals surface area contributed by atoms with Crippen LogP contribution < -0.4 is 11.3 Å². The summed E-state index contributed by atoms with van der Waals surface area (Å²) < 4.78 is 0. The molecule has 0 unspecified atom stereocenters. The third-order valence-corrected chi connectivity index (χ3v) is 1.31. The summed E-state index contributed by atoms with van der Waals surface area (Å²) in [6, 6.07) is 0. The molecule has 0 bridgehead atoms. The number of anilines is 1. The number of rotatable bonds is 0. The molecule has 64 valence electrons. The monoisotopic (exact) mass is 171 g/mol. The summed E-state index contributed by atoms with van der Waals surface area (Å²) in [5.74, 6) is 0.0783. The van der Waals surface area contributed by atoms with E-state index in [1.54, 1.807) is 0 Å². The van der Waals surface area contributed by atoms with Gasteiger partial charge in [-0.05, 0) is 0 Å². The zero-order chi connectivity index (χ0) is 7.84. The molecule has 2 aromatic rings.